The normalized spacial score (nSPS) is 11.9. The molecular weight excluding hydrogens is 494 g/mol. The van der Waals surface area contributed by atoms with E-state index in [9.17, 15) is 0 Å². The molecule has 0 saturated carbocycles. The van der Waals surface area contributed by atoms with Gasteiger partial charge in [-0.25, -0.2) is 0 Å². The fraction of sp³-hybridized carbons (Fsp3) is 0. The summed E-state index contributed by atoms with van der Waals surface area (Å²) in [4.78, 5) is 0. The minimum absolute atomic E-state index is 1.20. The average molecular weight is 520 g/mol. The predicted molar refractivity (Wildman–Crippen MR) is 176 cm³/mol. The van der Waals surface area contributed by atoms with Crippen LogP contribution in [-0.2, 0) is 0 Å². The number of aromatic nitrogens is 1. The van der Waals surface area contributed by atoms with E-state index in [0.717, 1.165) is 0 Å². The first-order valence-corrected chi connectivity index (χ1v) is 14.2. The van der Waals surface area contributed by atoms with Crippen LogP contribution in [0.2, 0.25) is 0 Å². The lowest BCUT2D eigenvalue weighted by atomic mass is 9.93. The molecule has 0 amide bonds. The van der Waals surface area contributed by atoms with Crippen LogP contribution in [0, 0.1) is 0 Å². The Morgan fingerprint density at radius 2 is 0.805 bits per heavy atom. The van der Waals surface area contributed by atoms with Gasteiger partial charge < -0.3 is 4.57 Å². The Morgan fingerprint density at radius 1 is 0.293 bits per heavy atom. The Hall–Kier alpha value is -5.40. The standard InChI is InChI=1S/C40H25N/c1-2-12-26(13-3-1)27-22-23-39(33-19-9-8-14-28(27)33)41-38-21-11-10-20-34(38)37-24-35-31-17-6-4-15-29(31)30-16-5-7-18-32(30)36(35)25-40(37)41/h1-25H. The van der Waals surface area contributed by atoms with Gasteiger partial charge in [-0.05, 0) is 73.1 Å². The Balaban J connectivity index is 1.46. The second-order valence-corrected chi connectivity index (χ2v) is 10.9. The molecule has 0 unspecified atom stereocenters. The molecule has 1 heteroatoms. The summed E-state index contributed by atoms with van der Waals surface area (Å²) in [5.74, 6) is 0. The molecule has 9 rings (SSSR count). The van der Waals surface area contributed by atoms with Gasteiger partial charge in [0.2, 0.25) is 0 Å². The Morgan fingerprint density at radius 3 is 1.49 bits per heavy atom. The summed E-state index contributed by atoms with van der Waals surface area (Å²) in [7, 11) is 0. The zero-order valence-corrected chi connectivity index (χ0v) is 22.4. The number of para-hydroxylation sites is 1. The van der Waals surface area contributed by atoms with Gasteiger partial charge in [0.05, 0.1) is 16.7 Å². The lowest BCUT2D eigenvalue weighted by Crippen LogP contribution is -1.96. The third kappa shape index (κ3) is 3.18. The topological polar surface area (TPSA) is 4.93 Å². The number of hydrogen-bond acceptors (Lipinski definition) is 0. The fourth-order valence-corrected chi connectivity index (χ4v) is 6.97. The Bertz CT molecular complexity index is 2460. The molecule has 0 N–H and O–H groups in total. The monoisotopic (exact) mass is 519 g/mol. The van der Waals surface area contributed by atoms with Crippen LogP contribution < -0.4 is 0 Å². The van der Waals surface area contributed by atoms with Crippen LogP contribution >= 0.6 is 0 Å². The maximum absolute atomic E-state index is 2.48. The van der Waals surface area contributed by atoms with Gasteiger partial charge in [-0.1, -0.05) is 127 Å². The molecule has 0 bridgehead atoms. The Kier molecular flexibility index (Phi) is 4.67. The molecule has 0 fully saturated rings. The number of benzene rings is 8. The van der Waals surface area contributed by atoms with Crippen molar-refractivity contribution in [3.05, 3.63) is 152 Å². The predicted octanol–water partition coefficient (Wildman–Crippen LogP) is 11.1. The van der Waals surface area contributed by atoms with Crippen molar-refractivity contribution in [3.63, 3.8) is 0 Å². The zero-order chi connectivity index (χ0) is 26.9. The largest absolute Gasteiger partial charge is 0.309 e. The van der Waals surface area contributed by atoms with Crippen molar-refractivity contribution in [2.45, 2.75) is 0 Å². The third-order valence-corrected chi connectivity index (χ3v) is 8.76. The third-order valence-electron chi connectivity index (χ3n) is 8.76. The summed E-state index contributed by atoms with van der Waals surface area (Å²) >= 11 is 0. The quantitative estimate of drug-likeness (QED) is 0.200. The lowest BCUT2D eigenvalue weighted by molar-refractivity contribution is 1.20. The van der Waals surface area contributed by atoms with Gasteiger partial charge in [0.15, 0.2) is 0 Å². The van der Waals surface area contributed by atoms with E-state index in [1.807, 2.05) is 0 Å². The molecule has 41 heavy (non-hydrogen) atoms. The fourth-order valence-electron chi connectivity index (χ4n) is 6.97. The molecule has 0 aliphatic rings. The van der Waals surface area contributed by atoms with E-state index in [0.29, 0.717) is 0 Å². The SMILES string of the molecule is c1ccc(-c2ccc(-n3c4ccccc4c4cc5c6ccccc6c6ccccc6c5cc43)c3ccccc23)cc1. The molecule has 0 saturated heterocycles. The minimum Gasteiger partial charge on any atom is -0.309 e. The van der Waals surface area contributed by atoms with Crippen molar-refractivity contribution >= 4 is 64.9 Å². The molecule has 9 aromatic rings. The molecule has 0 aliphatic heterocycles. The molecule has 0 spiro atoms. The lowest BCUT2D eigenvalue weighted by Gasteiger charge is -2.16. The van der Waals surface area contributed by atoms with E-state index in [-0.39, 0.29) is 0 Å². The van der Waals surface area contributed by atoms with E-state index >= 15 is 0 Å². The number of hydrogen-bond donors (Lipinski definition) is 0. The van der Waals surface area contributed by atoms with Crippen LogP contribution in [0.4, 0.5) is 0 Å². The maximum atomic E-state index is 2.48. The second kappa shape index (κ2) is 8.55. The molecule has 1 heterocycles. The molecule has 1 nitrogen and oxygen atoms in total. The van der Waals surface area contributed by atoms with E-state index in [1.54, 1.807) is 0 Å². The molecule has 0 radical (unpaired) electrons. The summed E-state index contributed by atoms with van der Waals surface area (Å²) in [5.41, 5.74) is 6.16. The smallest absolute Gasteiger partial charge is 0.0547 e. The summed E-state index contributed by atoms with van der Waals surface area (Å²) in [6, 6.07) is 55.5. The average Bonchev–Trinajstić information content (AvgIpc) is 3.37. The van der Waals surface area contributed by atoms with E-state index in [2.05, 4.69) is 156 Å². The molecule has 0 aliphatic carbocycles. The summed E-state index contributed by atoms with van der Waals surface area (Å²) < 4.78 is 2.48. The van der Waals surface area contributed by atoms with Crippen molar-refractivity contribution in [2.24, 2.45) is 0 Å². The van der Waals surface area contributed by atoms with Crippen molar-refractivity contribution in [1.29, 1.82) is 0 Å². The molecule has 1 aromatic heterocycles. The van der Waals surface area contributed by atoms with Gasteiger partial charge in [-0.2, -0.15) is 0 Å². The van der Waals surface area contributed by atoms with Gasteiger partial charge in [-0.3, -0.25) is 0 Å². The molecule has 0 atom stereocenters. The van der Waals surface area contributed by atoms with Crippen LogP contribution in [0.25, 0.3) is 81.7 Å². The van der Waals surface area contributed by atoms with E-state index < -0.39 is 0 Å². The molecule has 190 valence electrons. The highest BCUT2D eigenvalue weighted by Gasteiger charge is 2.18. The summed E-state index contributed by atoms with van der Waals surface area (Å²) in [6.07, 6.45) is 0. The van der Waals surface area contributed by atoms with Crippen molar-refractivity contribution in [3.8, 4) is 16.8 Å². The second-order valence-electron chi connectivity index (χ2n) is 10.9. The molecule has 8 aromatic carbocycles. The first kappa shape index (κ1) is 22.4. The van der Waals surface area contributed by atoms with Crippen molar-refractivity contribution in [1.82, 2.24) is 4.57 Å². The van der Waals surface area contributed by atoms with Crippen LogP contribution in [0.15, 0.2) is 152 Å². The number of nitrogens with zero attached hydrogens (tertiary/aromatic N) is 1. The van der Waals surface area contributed by atoms with Crippen LogP contribution in [0.3, 0.4) is 0 Å². The van der Waals surface area contributed by atoms with Crippen LogP contribution in [-0.4, -0.2) is 4.57 Å². The van der Waals surface area contributed by atoms with Crippen LogP contribution in [0.5, 0.6) is 0 Å². The van der Waals surface area contributed by atoms with Gasteiger partial charge in [0, 0.05) is 16.2 Å². The van der Waals surface area contributed by atoms with Gasteiger partial charge in [0.25, 0.3) is 0 Å². The highest BCUT2D eigenvalue weighted by atomic mass is 15.0. The van der Waals surface area contributed by atoms with Gasteiger partial charge in [-0.15, -0.1) is 0 Å². The highest BCUT2D eigenvalue weighted by molar-refractivity contribution is 6.29. The first-order valence-electron chi connectivity index (χ1n) is 14.2. The van der Waals surface area contributed by atoms with E-state index in [1.165, 1.54) is 81.7 Å². The van der Waals surface area contributed by atoms with Gasteiger partial charge >= 0.3 is 0 Å². The van der Waals surface area contributed by atoms with Gasteiger partial charge in [0.1, 0.15) is 0 Å². The number of rotatable bonds is 2. The highest BCUT2D eigenvalue weighted by Crippen LogP contribution is 2.42. The zero-order valence-electron chi connectivity index (χ0n) is 22.4. The first-order chi connectivity index (χ1) is 20.4. The summed E-state index contributed by atoms with van der Waals surface area (Å²) in [6.45, 7) is 0. The van der Waals surface area contributed by atoms with Crippen molar-refractivity contribution < 1.29 is 0 Å². The van der Waals surface area contributed by atoms with E-state index in [4.69, 9.17) is 0 Å². The van der Waals surface area contributed by atoms with Crippen molar-refractivity contribution in [2.75, 3.05) is 0 Å². The maximum Gasteiger partial charge on any atom is 0.0547 e. The summed E-state index contributed by atoms with van der Waals surface area (Å²) in [5, 5.41) is 12.9. The Labute approximate surface area is 237 Å². The minimum atomic E-state index is 1.20. The number of fused-ring (bicyclic) bond motifs is 10. The molecular formula is C40H25N. The van der Waals surface area contributed by atoms with Crippen LogP contribution in [0.1, 0.15) is 0 Å².